The maximum absolute atomic E-state index is 12.7. The summed E-state index contributed by atoms with van der Waals surface area (Å²) < 4.78 is 5.47. The van der Waals surface area contributed by atoms with Crippen molar-refractivity contribution in [3.8, 4) is 6.07 Å². The number of nitrogens with one attached hydrogen (secondary N) is 1. The van der Waals surface area contributed by atoms with E-state index in [1.165, 1.54) is 11.6 Å². The van der Waals surface area contributed by atoms with E-state index in [1.807, 2.05) is 36.4 Å². The lowest BCUT2D eigenvalue weighted by Crippen LogP contribution is -2.33. The van der Waals surface area contributed by atoms with Gasteiger partial charge < -0.3 is 10.1 Å². The molecule has 0 saturated heterocycles. The van der Waals surface area contributed by atoms with E-state index in [9.17, 15) is 14.9 Å². The van der Waals surface area contributed by atoms with Crippen LogP contribution in [0.1, 0.15) is 55.4 Å². The van der Waals surface area contributed by atoms with Crippen LogP contribution >= 0.6 is 0 Å². The maximum Gasteiger partial charge on any atom is 0.350 e. The van der Waals surface area contributed by atoms with Gasteiger partial charge in [0.05, 0.1) is 0 Å². The van der Waals surface area contributed by atoms with Gasteiger partial charge in [0.15, 0.2) is 0 Å². The van der Waals surface area contributed by atoms with Crippen molar-refractivity contribution in [2.24, 2.45) is 0 Å². The molecule has 2 aromatic carbocycles. The van der Waals surface area contributed by atoms with E-state index in [4.69, 9.17) is 4.74 Å². The van der Waals surface area contributed by atoms with Crippen LogP contribution in [0.4, 0.5) is 0 Å². The first-order chi connectivity index (χ1) is 14.0. The van der Waals surface area contributed by atoms with Crippen molar-refractivity contribution in [2.45, 2.75) is 44.8 Å². The van der Waals surface area contributed by atoms with Crippen molar-refractivity contribution < 1.29 is 14.3 Å². The zero-order valence-electron chi connectivity index (χ0n) is 16.6. The Kier molecular flexibility index (Phi) is 6.46. The summed E-state index contributed by atoms with van der Waals surface area (Å²) in [6.07, 6.45) is 2.24. The van der Waals surface area contributed by atoms with Gasteiger partial charge in [0.25, 0.3) is 5.91 Å². The summed E-state index contributed by atoms with van der Waals surface area (Å²) in [4.78, 5) is 25.3. The number of hydrogen-bond acceptors (Lipinski definition) is 4. The summed E-state index contributed by atoms with van der Waals surface area (Å²) in [6, 6.07) is 18.5. The predicted molar refractivity (Wildman–Crippen MR) is 111 cm³/mol. The third kappa shape index (κ3) is 5.55. The van der Waals surface area contributed by atoms with Crippen LogP contribution in [0, 0.1) is 11.3 Å². The monoisotopic (exact) mass is 388 g/mol. The molecule has 0 unspecified atom stereocenters. The van der Waals surface area contributed by atoms with Gasteiger partial charge in [0.1, 0.15) is 11.6 Å². The number of ether oxygens (including phenoxy) is 1. The molecule has 0 spiro atoms. The average molecular weight is 388 g/mol. The zero-order valence-corrected chi connectivity index (χ0v) is 16.6. The molecule has 2 aromatic rings. The van der Waals surface area contributed by atoms with Crippen molar-refractivity contribution in [3.63, 3.8) is 0 Å². The molecule has 1 fully saturated rings. The van der Waals surface area contributed by atoms with Crippen LogP contribution in [-0.4, -0.2) is 17.9 Å². The topological polar surface area (TPSA) is 79.2 Å². The van der Waals surface area contributed by atoms with E-state index in [2.05, 4.69) is 19.2 Å². The molecule has 1 saturated carbocycles. The number of carbonyl (C=O) groups excluding carboxylic acids is 2. The summed E-state index contributed by atoms with van der Waals surface area (Å²) in [5.41, 5.74) is 2.31. The van der Waals surface area contributed by atoms with Gasteiger partial charge in [-0.1, -0.05) is 68.4 Å². The largest absolute Gasteiger partial charge is 0.443 e. The smallest absolute Gasteiger partial charge is 0.350 e. The van der Waals surface area contributed by atoms with E-state index in [0.29, 0.717) is 11.5 Å². The summed E-state index contributed by atoms with van der Waals surface area (Å²) in [5, 5.41) is 12.3. The fourth-order valence-electron chi connectivity index (χ4n) is 2.86. The van der Waals surface area contributed by atoms with Gasteiger partial charge in [-0.3, -0.25) is 4.79 Å². The van der Waals surface area contributed by atoms with Gasteiger partial charge in [-0.05, 0) is 36.0 Å². The second-order valence-electron chi connectivity index (χ2n) is 7.47. The van der Waals surface area contributed by atoms with Crippen LogP contribution in [0.3, 0.4) is 0 Å². The summed E-state index contributed by atoms with van der Waals surface area (Å²) in [7, 11) is 0. The highest BCUT2D eigenvalue weighted by molar-refractivity contribution is 5.99. The normalized spacial score (nSPS) is 14.8. The number of benzene rings is 2. The number of nitrogens with zero attached hydrogens (tertiary/aromatic N) is 1. The van der Waals surface area contributed by atoms with Gasteiger partial charge in [-0.25, -0.2) is 4.79 Å². The Balaban J connectivity index is 1.79. The van der Waals surface area contributed by atoms with Crippen molar-refractivity contribution >= 4 is 18.0 Å². The predicted octanol–water partition coefficient (Wildman–Crippen LogP) is 4.28. The van der Waals surface area contributed by atoms with Crippen molar-refractivity contribution in [1.29, 1.82) is 5.26 Å². The molecule has 1 aliphatic carbocycles. The van der Waals surface area contributed by atoms with Crippen LogP contribution in [0.15, 0.2) is 60.2 Å². The molecule has 0 aromatic heterocycles. The molecule has 1 atom stereocenters. The molecule has 29 heavy (non-hydrogen) atoms. The third-order valence-corrected chi connectivity index (χ3v) is 4.74. The van der Waals surface area contributed by atoms with Gasteiger partial charge >= 0.3 is 5.97 Å². The minimum absolute atomic E-state index is 0.137. The lowest BCUT2D eigenvalue weighted by Gasteiger charge is -2.17. The molecule has 0 bridgehead atoms. The van der Waals surface area contributed by atoms with E-state index in [1.54, 1.807) is 24.3 Å². The number of esters is 1. The molecule has 5 nitrogen and oxygen atoms in total. The molecule has 5 heteroatoms. The Labute approximate surface area is 171 Å². The zero-order chi connectivity index (χ0) is 20.8. The van der Waals surface area contributed by atoms with Gasteiger partial charge in [-0.2, -0.15) is 5.26 Å². The number of rotatable bonds is 7. The second-order valence-corrected chi connectivity index (χ2v) is 7.47. The minimum atomic E-state index is -1.09. The first kappa shape index (κ1) is 20.3. The number of amides is 1. The highest BCUT2D eigenvalue weighted by Gasteiger charge is 2.31. The lowest BCUT2D eigenvalue weighted by molar-refractivity contribution is -0.152. The standard InChI is InChI=1S/C24H24N2O3/c1-16(2)18-10-8-17(9-11-18)14-20(15-25)24(28)29-22(19-6-4-3-5-7-19)23(27)26-21-12-13-21/h3-11,14,16,21-22H,12-13H2,1-2H3,(H,26,27)/b20-14+/t22-/m1/s1. The van der Waals surface area contributed by atoms with E-state index in [-0.39, 0.29) is 17.5 Å². The Morgan fingerprint density at radius 3 is 2.28 bits per heavy atom. The van der Waals surface area contributed by atoms with Gasteiger partial charge in [0, 0.05) is 11.6 Å². The molecule has 0 aliphatic heterocycles. The number of carbonyl (C=O) groups is 2. The van der Waals surface area contributed by atoms with Crippen LogP contribution in [-0.2, 0) is 14.3 Å². The summed E-state index contributed by atoms with van der Waals surface area (Å²) in [6.45, 7) is 4.19. The fraction of sp³-hybridized carbons (Fsp3) is 0.292. The van der Waals surface area contributed by atoms with Crippen molar-refractivity contribution in [1.82, 2.24) is 5.32 Å². The van der Waals surface area contributed by atoms with Crippen molar-refractivity contribution in [3.05, 3.63) is 76.9 Å². The average Bonchev–Trinajstić information content (AvgIpc) is 3.54. The quantitative estimate of drug-likeness (QED) is 0.436. The van der Waals surface area contributed by atoms with Crippen LogP contribution in [0.5, 0.6) is 0 Å². The minimum Gasteiger partial charge on any atom is -0.443 e. The highest BCUT2D eigenvalue weighted by Crippen LogP contribution is 2.24. The molecule has 1 N–H and O–H groups in total. The van der Waals surface area contributed by atoms with Crippen molar-refractivity contribution in [2.75, 3.05) is 0 Å². The van der Waals surface area contributed by atoms with E-state index >= 15 is 0 Å². The highest BCUT2D eigenvalue weighted by atomic mass is 16.5. The lowest BCUT2D eigenvalue weighted by atomic mass is 10.0. The molecular weight excluding hydrogens is 364 g/mol. The fourth-order valence-corrected chi connectivity index (χ4v) is 2.86. The van der Waals surface area contributed by atoms with Gasteiger partial charge in [0.2, 0.25) is 6.10 Å². The Morgan fingerprint density at radius 1 is 1.07 bits per heavy atom. The number of hydrogen-bond donors (Lipinski definition) is 1. The molecule has 0 radical (unpaired) electrons. The third-order valence-electron chi connectivity index (χ3n) is 4.74. The first-order valence-electron chi connectivity index (χ1n) is 9.76. The molecule has 1 amide bonds. The van der Waals surface area contributed by atoms with E-state index in [0.717, 1.165) is 18.4 Å². The summed E-state index contributed by atoms with van der Waals surface area (Å²) >= 11 is 0. The molecule has 148 valence electrons. The summed E-state index contributed by atoms with van der Waals surface area (Å²) in [5.74, 6) is -0.795. The van der Waals surface area contributed by atoms with Crippen LogP contribution in [0.25, 0.3) is 6.08 Å². The maximum atomic E-state index is 12.7. The second kappa shape index (κ2) is 9.20. The Morgan fingerprint density at radius 2 is 1.72 bits per heavy atom. The number of nitriles is 1. The molecule has 1 aliphatic rings. The van der Waals surface area contributed by atoms with Gasteiger partial charge in [-0.15, -0.1) is 0 Å². The van der Waals surface area contributed by atoms with Crippen LogP contribution in [0.2, 0.25) is 0 Å². The Bertz CT molecular complexity index is 936. The van der Waals surface area contributed by atoms with E-state index < -0.39 is 12.1 Å². The molecule has 3 rings (SSSR count). The Hall–Kier alpha value is -3.39. The molecule has 0 heterocycles. The molecular formula is C24H24N2O3. The SMILES string of the molecule is CC(C)c1ccc(/C=C(\C#N)C(=O)O[C@@H](C(=O)NC2CC2)c2ccccc2)cc1. The van der Waals surface area contributed by atoms with Crippen LogP contribution < -0.4 is 5.32 Å². The first-order valence-corrected chi connectivity index (χ1v) is 9.76.